The number of Topliss-reactive ketones (excluding diaryl/α,β-unsaturated/α-hetero) is 1. The van der Waals surface area contributed by atoms with Crippen LogP contribution >= 0.6 is 11.8 Å². The van der Waals surface area contributed by atoms with E-state index < -0.39 is 0 Å². The molecule has 24 heavy (non-hydrogen) atoms. The van der Waals surface area contributed by atoms with Crippen LogP contribution < -0.4 is 5.11 Å². The Morgan fingerprint density at radius 3 is 2.25 bits per heavy atom. The molecule has 3 rings (SSSR count). The molecule has 0 aromatic heterocycles. The second-order valence-electron chi connectivity index (χ2n) is 6.00. The SMILES string of the molecule is CC1=CC(=CC2=C([O-])C(=CC3=CC(C)=[Se]C(C)=C3)C2=O)C=C(C)S1. The van der Waals surface area contributed by atoms with Gasteiger partial charge in [-0.05, 0) is 0 Å². The third-order valence-electron chi connectivity index (χ3n) is 3.72. The minimum absolute atomic E-state index is 0.150. The van der Waals surface area contributed by atoms with E-state index >= 15 is 0 Å². The number of carbonyl (C=O) groups excluding carboxylic acids is 1. The molecule has 3 aliphatic rings. The summed E-state index contributed by atoms with van der Waals surface area (Å²) in [5.41, 5.74) is 2.45. The van der Waals surface area contributed by atoms with E-state index in [4.69, 9.17) is 0 Å². The van der Waals surface area contributed by atoms with Crippen LogP contribution in [0, 0.1) is 0 Å². The van der Waals surface area contributed by atoms with Gasteiger partial charge in [0.15, 0.2) is 0 Å². The fraction of sp³-hybridized carbons (Fsp3) is 0.200. The van der Waals surface area contributed by atoms with Gasteiger partial charge in [0.05, 0.1) is 0 Å². The predicted molar refractivity (Wildman–Crippen MR) is 102 cm³/mol. The average molecular weight is 401 g/mol. The standard InChI is InChI=1S/C20H19O2SSe/c1-11-5-15(6-12(2)23-11)9-17-19(21)18(20(17)22)10-16-7-13(3)24-14(4)8-16/h5-10,21H,1-4H3/p-1. The first-order valence-corrected chi connectivity index (χ1v) is 10.2. The van der Waals surface area contributed by atoms with Gasteiger partial charge in [-0.15, -0.1) is 0 Å². The van der Waals surface area contributed by atoms with Crippen molar-refractivity contribution in [3.05, 3.63) is 78.8 Å². The first kappa shape index (κ1) is 17.2. The average Bonchev–Trinajstić information content (AvgIpc) is 2.48. The van der Waals surface area contributed by atoms with E-state index in [9.17, 15) is 9.90 Å². The number of carbonyl (C=O) groups is 1. The fourth-order valence-electron chi connectivity index (χ4n) is 2.84. The van der Waals surface area contributed by atoms with Crippen molar-refractivity contribution in [1.29, 1.82) is 0 Å². The molecule has 0 amide bonds. The Kier molecular flexibility index (Phi) is 4.82. The van der Waals surface area contributed by atoms with Gasteiger partial charge >= 0.3 is 153 Å². The van der Waals surface area contributed by atoms with Crippen LogP contribution in [0.5, 0.6) is 0 Å². The number of thioether (sulfide) groups is 1. The Hall–Kier alpha value is -1.61. The summed E-state index contributed by atoms with van der Waals surface area (Å²) in [7, 11) is 0. The van der Waals surface area contributed by atoms with Crippen molar-refractivity contribution in [1.82, 2.24) is 0 Å². The van der Waals surface area contributed by atoms with Crippen LogP contribution in [-0.2, 0) is 4.79 Å². The Morgan fingerprint density at radius 2 is 1.67 bits per heavy atom. The van der Waals surface area contributed by atoms with Gasteiger partial charge in [-0.2, -0.15) is 0 Å². The van der Waals surface area contributed by atoms with Gasteiger partial charge < -0.3 is 0 Å². The molecule has 1 aliphatic carbocycles. The van der Waals surface area contributed by atoms with E-state index in [1.165, 1.54) is 8.89 Å². The summed E-state index contributed by atoms with van der Waals surface area (Å²) in [5.74, 6) is -0.299. The second kappa shape index (κ2) is 6.72. The number of allylic oxidation sites excluding steroid dienone is 13. The molecule has 1 radical (unpaired) electrons. The summed E-state index contributed by atoms with van der Waals surface area (Å²) in [6.07, 6.45) is 11.6. The molecular formula is C20H18O2SSe-. The zero-order valence-corrected chi connectivity index (χ0v) is 16.6. The third kappa shape index (κ3) is 3.56. The van der Waals surface area contributed by atoms with Crippen molar-refractivity contribution in [2.45, 2.75) is 27.7 Å². The van der Waals surface area contributed by atoms with E-state index in [1.54, 1.807) is 23.9 Å². The molecule has 0 unspecified atom stereocenters. The summed E-state index contributed by atoms with van der Waals surface area (Å²) >= 11 is 2.09. The molecule has 0 spiro atoms. The van der Waals surface area contributed by atoms with Gasteiger partial charge in [0.1, 0.15) is 0 Å². The van der Waals surface area contributed by atoms with E-state index in [0.29, 0.717) is 25.7 Å². The van der Waals surface area contributed by atoms with Crippen LogP contribution in [-0.4, -0.2) is 24.7 Å². The normalized spacial score (nSPS) is 22.5. The third-order valence-corrected chi connectivity index (χ3v) is 6.45. The fourth-order valence-corrected chi connectivity index (χ4v) is 5.63. The molecule has 0 fully saturated rings. The zero-order valence-electron chi connectivity index (χ0n) is 14.1. The summed E-state index contributed by atoms with van der Waals surface area (Å²) in [6, 6.07) is 0. The van der Waals surface area contributed by atoms with Crippen LogP contribution in [0.3, 0.4) is 0 Å². The molecule has 0 N–H and O–H groups in total. The molecule has 0 saturated carbocycles. The van der Waals surface area contributed by atoms with Crippen LogP contribution in [0.15, 0.2) is 78.8 Å². The van der Waals surface area contributed by atoms with Gasteiger partial charge in [-0.25, -0.2) is 0 Å². The van der Waals surface area contributed by atoms with Gasteiger partial charge in [0, 0.05) is 0 Å². The Bertz CT molecular complexity index is 864. The molecule has 0 bridgehead atoms. The topological polar surface area (TPSA) is 40.1 Å². The molecule has 4 heteroatoms. The van der Waals surface area contributed by atoms with Gasteiger partial charge in [0.25, 0.3) is 0 Å². The van der Waals surface area contributed by atoms with Crippen LogP contribution in [0.1, 0.15) is 27.7 Å². The first-order valence-electron chi connectivity index (χ1n) is 7.69. The Balaban J connectivity index is 1.92. The maximum atomic E-state index is 12.4. The van der Waals surface area contributed by atoms with Crippen molar-refractivity contribution in [2.24, 2.45) is 0 Å². The summed E-state index contributed by atoms with van der Waals surface area (Å²) in [5, 5.41) is 12.4. The number of hydrogen-bond acceptors (Lipinski definition) is 3. The molecular weight excluding hydrogens is 383 g/mol. The van der Waals surface area contributed by atoms with Crippen molar-refractivity contribution >= 4 is 36.5 Å². The number of rotatable bonds is 2. The number of ketones is 1. The second-order valence-corrected chi connectivity index (χ2v) is 10.6. The molecule has 2 aliphatic heterocycles. The Morgan fingerprint density at radius 1 is 1.00 bits per heavy atom. The predicted octanol–water partition coefficient (Wildman–Crippen LogP) is 3.33. The van der Waals surface area contributed by atoms with E-state index in [2.05, 4.69) is 26.0 Å². The molecule has 0 atom stereocenters. The molecule has 123 valence electrons. The maximum absolute atomic E-state index is 12.4. The van der Waals surface area contributed by atoms with Gasteiger partial charge in [-0.3, -0.25) is 0 Å². The van der Waals surface area contributed by atoms with E-state index in [-0.39, 0.29) is 11.5 Å². The van der Waals surface area contributed by atoms with Crippen molar-refractivity contribution in [3.8, 4) is 0 Å². The van der Waals surface area contributed by atoms with Crippen LogP contribution in [0.2, 0.25) is 0 Å². The quantitative estimate of drug-likeness (QED) is 0.527. The summed E-state index contributed by atoms with van der Waals surface area (Å²) < 4.78 is 2.61. The zero-order chi connectivity index (χ0) is 17.4. The van der Waals surface area contributed by atoms with Gasteiger partial charge in [-0.1, -0.05) is 0 Å². The van der Waals surface area contributed by atoms with Crippen LogP contribution in [0.25, 0.3) is 0 Å². The van der Waals surface area contributed by atoms with Gasteiger partial charge in [0.2, 0.25) is 0 Å². The van der Waals surface area contributed by atoms with Crippen LogP contribution in [0.4, 0.5) is 0 Å². The molecule has 2 heterocycles. The summed E-state index contributed by atoms with van der Waals surface area (Å²) in [4.78, 5) is 14.7. The molecule has 0 saturated heterocycles. The first-order chi connectivity index (χ1) is 11.3. The van der Waals surface area contributed by atoms with Crippen molar-refractivity contribution in [3.63, 3.8) is 0 Å². The summed E-state index contributed by atoms with van der Waals surface area (Å²) in [6.45, 7) is 8.23. The molecule has 2 nitrogen and oxygen atoms in total. The van der Waals surface area contributed by atoms with E-state index in [1.807, 2.05) is 26.0 Å². The minimum atomic E-state index is -0.150. The van der Waals surface area contributed by atoms with Crippen molar-refractivity contribution < 1.29 is 9.90 Å². The monoisotopic (exact) mass is 402 g/mol. The van der Waals surface area contributed by atoms with E-state index in [0.717, 1.165) is 21.0 Å². The molecule has 0 aromatic carbocycles. The Labute approximate surface area is 152 Å². The van der Waals surface area contributed by atoms with Crippen molar-refractivity contribution in [2.75, 3.05) is 0 Å². The molecule has 0 aromatic rings. The number of hydrogen-bond donors (Lipinski definition) is 0.